The van der Waals surface area contributed by atoms with Gasteiger partial charge in [-0.2, -0.15) is 5.10 Å². The highest BCUT2D eigenvalue weighted by molar-refractivity contribution is 6.33. The summed E-state index contributed by atoms with van der Waals surface area (Å²) >= 11 is 6.19. The Morgan fingerprint density at radius 2 is 1.74 bits per heavy atom. The van der Waals surface area contributed by atoms with Crippen molar-refractivity contribution in [3.05, 3.63) is 83.6 Å². The van der Waals surface area contributed by atoms with Crippen LogP contribution in [-0.2, 0) is 4.79 Å². The molecule has 3 aromatic carbocycles. The van der Waals surface area contributed by atoms with Crippen LogP contribution in [0.4, 0.5) is 0 Å². The molecule has 0 bridgehead atoms. The number of ether oxygens (including phenoxy) is 2. The Morgan fingerprint density at radius 3 is 2.55 bits per heavy atom. The monoisotopic (exact) mass is 432 g/mol. The molecule has 1 aliphatic rings. The number of rotatable bonds is 4. The number of nitrogens with zero attached hydrogens (tertiary/aromatic N) is 1. The number of hydrogen-bond donors (Lipinski definition) is 1. The first kappa shape index (κ1) is 19.2. The summed E-state index contributed by atoms with van der Waals surface area (Å²) < 4.78 is 17.3. The largest absolute Gasteiger partial charge is 0.485 e. The molecule has 1 aliphatic heterocycles. The molecule has 0 radical (unpaired) electrons. The van der Waals surface area contributed by atoms with Gasteiger partial charge in [-0.1, -0.05) is 48.0 Å². The van der Waals surface area contributed by atoms with Gasteiger partial charge in [-0.3, -0.25) is 4.79 Å². The molecule has 1 atom stereocenters. The van der Waals surface area contributed by atoms with Gasteiger partial charge in [0.15, 0.2) is 11.5 Å². The highest BCUT2D eigenvalue weighted by Gasteiger charge is 2.27. The lowest BCUT2D eigenvalue weighted by Crippen LogP contribution is -2.42. The summed E-state index contributed by atoms with van der Waals surface area (Å²) in [6.07, 6.45) is 0.615. The zero-order chi connectivity index (χ0) is 21.2. The third kappa shape index (κ3) is 3.98. The number of amides is 1. The average Bonchev–Trinajstić information content (AvgIpc) is 3.26. The Balaban J connectivity index is 1.24. The molecule has 1 N–H and O–H groups in total. The maximum Gasteiger partial charge on any atom is 0.284 e. The molecule has 7 heteroatoms. The Morgan fingerprint density at radius 1 is 1.00 bits per heavy atom. The Labute approximate surface area is 183 Å². The topological polar surface area (TPSA) is 73.1 Å². The van der Waals surface area contributed by atoms with Crippen LogP contribution in [-0.4, -0.2) is 24.8 Å². The minimum absolute atomic E-state index is 0.101. The van der Waals surface area contributed by atoms with Crippen LogP contribution in [0.3, 0.4) is 0 Å². The second-order valence-corrected chi connectivity index (χ2v) is 7.39. The lowest BCUT2D eigenvalue weighted by atomic mass is 10.1. The van der Waals surface area contributed by atoms with Crippen molar-refractivity contribution in [1.29, 1.82) is 0 Å². The summed E-state index contributed by atoms with van der Waals surface area (Å²) in [5.41, 5.74) is 3.25. The minimum atomic E-state index is -0.805. The van der Waals surface area contributed by atoms with Gasteiger partial charge in [0.05, 0.1) is 11.2 Å². The molecule has 0 spiro atoms. The number of furan rings is 1. The van der Waals surface area contributed by atoms with E-state index in [1.807, 2.05) is 54.6 Å². The zero-order valence-electron chi connectivity index (χ0n) is 16.2. The van der Waals surface area contributed by atoms with Gasteiger partial charge in [0.25, 0.3) is 5.91 Å². The smallest absolute Gasteiger partial charge is 0.284 e. The van der Waals surface area contributed by atoms with E-state index < -0.39 is 12.0 Å². The fourth-order valence-electron chi connectivity index (χ4n) is 3.34. The molecule has 0 fully saturated rings. The number of halogens is 1. The van der Waals surface area contributed by atoms with Gasteiger partial charge in [0.1, 0.15) is 18.1 Å². The van der Waals surface area contributed by atoms with Crippen molar-refractivity contribution in [1.82, 2.24) is 5.43 Å². The Hall–Kier alpha value is -3.77. The molecular weight excluding hydrogens is 416 g/mol. The van der Waals surface area contributed by atoms with Gasteiger partial charge in [-0.25, -0.2) is 5.43 Å². The van der Waals surface area contributed by atoms with Gasteiger partial charge in [-0.05, 0) is 47.2 Å². The number of hydrazone groups is 1. The maximum absolute atomic E-state index is 12.5. The molecule has 0 unspecified atom stereocenters. The quantitative estimate of drug-likeness (QED) is 0.362. The molecule has 0 aliphatic carbocycles. The van der Waals surface area contributed by atoms with E-state index >= 15 is 0 Å². The van der Waals surface area contributed by atoms with E-state index in [1.165, 1.54) is 6.21 Å². The number of hydrogen-bond acceptors (Lipinski definition) is 5. The van der Waals surface area contributed by atoms with Crippen LogP contribution in [0.15, 0.2) is 82.3 Å². The van der Waals surface area contributed by atoms with E-state index in [4.69, 9.17) is 25.5 Å². The third-order valence-corrected chi connectivity index (χ3v) is 5.23. The fourth-order valence-corrected chi connectivity index (χ4v) is 3.57. The fraction of sp³-hybridized carbons (Fsp3) is 0.0833. The summed E-state index contributed by atoms with van der Waals surface area (Å²) in [5, 5.41) is 6.62. The van der Waals surface area contributed by atoms with Crippen LogP contribution in [0.5, 0.6) is 11.5 Å². The standard InChI is InChI=1S/C24H17ClN2O4/c25-19-8-4-3-7-18(19)20-10-9-17(30-20)13-26-27-24(28)23-14-29-21-11-15-5-1-2-6-16(15)12-22(21)31-23/h1-13,23H,14H2,(H,27,28)/b26-13+/t23-/m1/s1. The predicted molar refractivity (Wildman–Crippen MR) is 119 cm³/mol. The normalized spacial score (nSPS) is 15.3. The van der Waals surface area contributed by atoms with Crippen molar-refractivity contribution in [2.24, 2.45) is 5.10 Å². The lowest BCUT2D eigenvalue weighted by Gasteiger charge is -2.25. The lowest BCUT2D eigenvalue weighted by molar-refractivity contribution is -0.130. The van der Waals surface area contributed by atoms with Crippen LogP contribution >= 0.6 is 11.6 Å². The third-order valence-electron chi connectivity index (χ3n) is 4.90. The van der Waals surface area contributed by atoms with E-state index in [2.05, 4.69) is 10.5 Å². The summed E-state index contributed by atoms with van der Waals surface area (Å²) in [5.74, 6) is 1.84. The van der Waals surface area contributed by atoms with Crippen molar-refractivity contribution in [3.8, 4) is 22.8 Å². The van der Waals surface area contributed by atoms with Gasteiger partial charge in [0, 0.05) is 5.56 Å². The minimum Gasteiger partial charge on any atom is -0.485 e. The maximum atomic E-state index is 12.5. The second-order valence-electron chi connectivity index (χ2n) is 6.98. The van der Waals surface area contributed by atoms with Crippen LogP contribution in [0.1, 0.15) is 5.76 Å². The molecule has 4 aromatic rings. The van der Waals surface area contributed by atoms with Crippen molar-refractivity contribution in [3.63, 3.8) is 0 Å². The van der Waals surface area contributed by atoms with Gasteiger partial charge in [-0.15, -0.1) is 0 Å². The molecule has 31 heavy (non-hydrogen) atoms. The van der Waals surface area contributed by atoms with Gasteiger partial charge in [0.2, 0.25) is 6.10 Å². The van der Waals surface area contributed by atoms with Crippen LogP contribution in [0, 0.1) is 0 Å². The molecule has 154 valence electrons. The van der Waals surface area contributed by atoms with E-state index in [0.29, 0.717) is 28.0 Å². The molecule has 6 nitrogen and oxygen atoms in total. The molecular formula is C24H17ClN2O4. The molecule has 2 heterocycles. The highest BCUT2D eigenvalue weighted by atomic mass is 35.5. The van der Waals surface area contributed by atoms with Crippen LogP contribution in [0.2, 0.25) is 5.02 Å². The summed E-state index contributed by atoms with van der Waals surface area (Å²) in [7, 11) is 0. The van der Waals surface area contributed by atoms with Crippen molar-refractivity contribution in [2.75, 3.05) is 6.61 Å². The van der Waals surface area contributed by atoms with E-state index in [-0.39, 0.29) is 6.61 Å². The van der Waals surface area contributed by atoms with Crippen molar-refractivity contribution >= 4 is 34.5 Å². The number of benzene rings is 3. The highest BCUT2D eigenvalue weighted by Crippen LogP contribution is 2.36. The van der Waals surface area contributed by atoms with Crippen molar-refractivity contribution in [2.45, 2.75) is 6.10 Å². The summed E-state index contributed by atoms with van der Waals surface area (Å²) in [4.78, 5) is 12.5. The van der Waals surface area contributed by atoms with Crippen LogP contribution < -0.4 is 14.9 Å². The SMILES string of the molecule is O=C(N/N=C/c1ccc(-c2ccccc2Cl)o1)[C@H]1COc2cc3ccccc3cc2O1. The Bertz CT molecular complexity index is 1300. The number of carbonyl (C=O) groups excluding carboxylic acids is 1. The number of carbonyl (C=O) groups is 1. The van der Waals surface area contributed by atoms with Crippen molar-refractivity contribution < 1.29 is 18.7 Å². The molecule has 0 saturated carbocycles. The second kappa shape index (κ2) is 8.16. The zero-order valence-corrected chi connectivity index (χ0v) is 17.0. The van der Waals surface area contributed by atoms with E-state index in [1.54, 1.807) is 18.2 Å². The summed E-state index contributed by atoms with van der Waals surface area (Å²) in [6, 6.07) is 22.6. The van der Waals surface area contributed by atoms with E-state index in [9.17, 15) is 4.79 Å². The van der Waals surface area contributed by atoms with Gasteiger partial charge < -0.3 is 13.9 Å². The first-order valence-corrected chi connectivity index (χ1v) is 10.0. The first-order valence-electron chi connectivity index (χ1n) is 9.67. The molecule has 1 aromatic heterocycles. The summed E-state index contributed by atoms with van der Waals surface area (Å²) in [6.45, 7) is 0.101. The Kier molecular flexibility index (Phi) is 5.06. The number of fused-ring (bicyclic) bond motifs is 2. The first-order chi connectivity index (χ1) is 15.2. The molecule has 5 rings (SSSR count). The molecule has 0 saturated heterocycles. The predicted octanol–water partition coefficient (Wildman–Crippen LogP) is 5.04. The average molecular weight is 433 g/mol. The van der Waals surface area contributed by atoms with Gasteiger partial charge >= 0.3 is 0 Å². The number of nitrogens with one attached hydrogen (secondary N) is 1. The van der Waals surface area contributed by atoms with E-state index in [0.717, 1.165) is 16.3 Å². The van der Waals surface area contributed by atoms with Crippen LogP contribution in [0.25, 0.3) is 22.1 Å². The molecule has 1 amide bonds.